The quantitative estimate of drug-likeness (QED) is 0.445. The summed E-state index contributed by atoms with van der Waals surface area (Å²) in [4.78, 5) is 0. The zero-order valence-electron chi connectivity index (χ0n) is 11.9. The zero-order valence-corrected chi connectivity index (χ0v) is 11.9. The van der Waals surface area contributed by atoms with Crippen LogP contribution in [0.1, 0.15) is 27.7 Å². The highest BCUT2D eigenvalue weighted by molar-refractivity contribution is 5.12. The molecule has 0 saturated carbocycles. The average Bonchev–Trinajstić information content (AvgIpc) is 2.34. The van der Waals surface area contributed by atoms with E-state index in [0.717, 1.165) is 13.2 Å². The van der Waals surface area contributed by atoms with E-state index in [1.54, 1.807) is 0 Å². The van der Waals surface area contributed by atoms with E-state index >= 15 is 0 Å². The maximum absolute atomic E-state index is 12.0. The molecule has 20 heavy (non-hydrogen) atoms. The van der Waals surface area contributed by atoms with Crippen LogP contribution in [0.25, 0.3) is 0 Å². The second-order valence-electron chi connectivity index (χ2n) is 5.11. The van der Waals surface area contributed by atoms with Gasteiger partial charge in [0.1, 0.15) is 0 Å². The van der Waals surface area contributed by atoms with Gasteiger partial charge in [0.15, 0.2) is 23.3 Å². The van der Waals surface area contributed by atoms with Gasteiger partial charge in [0, 0.05) is 19.3 Å². The summed E-state index contributed by atoms with van der Waals surface area (Å²) in [6.45, 7) is 10.5. The SMILES string of the molecule is CC(C)COCC(C)C.Fc1cc(F)c(F)c(F)c1F. The highest BCUT2D eigenvalue weighted by atomic mass is 19.2. The Labute approximate surface area is 115 Å². The van der Waals surface area contributed by atoms with Crippen molar-refractivity contribution in [1.29, 1.82) is 0 Å². The van der Waals surface area contributed by atoms with Gasteiger partial charge in [-0.15, -0.1) is 0 Å². The van der Waals surface area contributed by atoms with Crippen LogP contribution >= 0.6 is 0 Å². The van der Waals surface area contributed by atoms with Crippen molar-refractivity contribution in [3.63, 3.8) is 0 Å². The highest BCUT2D eigenvalue weighted by Crippen LogP contribution is 2.16. The molecular formula is C14H19F5O. The van der Waals surface area contributed by atoms with Gasteiger partial charge in [0.05, 0.1) is 0 Å². The molecule has 1 rings (SSSR count). The van der Waals surface area contributed by atoms with Gasteiger partial charge in [0.25, 0.3) is 0 Å². The normalized spacial score (nSPS) is 10.8. The van der Waals surface area contributed by atoms with Gasteiger partial charge < -0.3 is 4.74 Å². The lowest BCUT2D eigenvalue weighted by Crippen LogP contribution is -2.06. The first kappa shape index (κ1) is 18.8. The van der Waals surface area contributed by atoms with Crippen LogP contribution in [0.4, 0.5) is 22.0 Å². The van der Waals surface area contributed by atoms with Gasteiger partial charge in [0.2, 0.25) is 5.82 Å². The molecule has 0 aliphatic rings. The number of hydrogen-bond donors (Lipinski definition) is 0. The van der Waals surface area contributed by atoms with Gasteiger partial charge in [-0.1, -0.05) is 27.7 Å². The van der Waals surface area contributed by atoms with Crippen LogP contribution < -0.4 is 0 Å². The number of halogens is 5. The van der Waals surface area contributed by atoms with Crippen molar-refractivity contribution in [3.05, 3.63) is 35.2 Å². The molecule has 0 aliphatic carbocycles. The number of hydrogen-bond acceptors (Lipinski definition) is 1. The van der Waals surface area contributed by atoms with E-state index in [1.807, 2.05) is 0 Å². The molecule has 0 heterocycles. The molecule has 1 aromatic rings. The van der Waals surface area contributed by atoms with Crippen LogP contribution in [0.2, 0.25) is 0 Å². The summed E-state index contributed by atoms with van der Waals surface area (Å²) in [5.41, 5.74) is 0. The van der Waals surface area contributed by atoms with E-state index in [9.17, 15) is 22.0 Å². The summed E-state index contributed by atoms with van der Waals surface area (Å²) < 4.78 is 65.4. The maximum atomic E-state index is 12.0. The highest BCUT2D eigenvalue weighted by Gasteiger charge is 2.18. The van der Waals surface area contributed by atoms with Gasteiger partial charge in [-0.2, -0.15) is 0 Å². The Hall–Kier alpha value is -1.17. The molecular weight excluding hydrogens is 279 g/mol. The predicted molar refractivity (Wildman–Crippen MR) is 66.7 cm³/mol. The standard InChI is InChI=1S/C8H18O.C6HF5/c1-7(2)5-9-6-8(3)4;7-2-1-3(8)5(10)6(11)4(2)9/h7-8H,5-6H2,1-4H3;1H. The smallest absolute Gasteiger partial charge is 0.200 e. The van der Waals surface area contributed by atoms with E-state index in [4.69, 9.17) is 4.74 Å². The van der Waals surface area contributed by atoms with Crippen LogP contribution in [-0.4, -0.2) is 13.2 Å². The molecule has 0 amide bonds. The summed E-state index contributed by atoms with van der Waals surface area (Å²) in [5, 5.41) is 0. The fourth-order valence-corrected chi connectivity index (χ4v) is 1.08. The third-order valence-corrected chi connectivity index (χ3v) is 1.96. The van der Waals surface area contributed by atoms with Crippen molar-refractivity contribution in [1.82, 2.24) is 0 Å². The van der Waals surface area contributed by atoms with Crippen LogP contribution in [0, 0.1) is 40.9 Å². The second-order valence-corrected chi connectivity index (χ2v) is 5.11. The first-order valence-corrected chi connectivity index (χ1v) is 6.23. The Kier molecular flexibility index (Phi) is 8.37. The lowest BCUT2D eigenvalue weighted by Gasteiger charge is -2.07. The summed E-state index contributed by atoms with van der Waals surface area (Å²) >= 11 is 0. The van der Waals surface area contributed by atoms with Crippen molar-refractivity contribution >= 4 is 0 Å². The Morgan fingerprint density at radius 1 is 0.750 bits per heavy atom. The fourth-order valence-electron chi connectivity index (χ4n) is 1.08. The molecule has 0 N–H and O–H groups in total. The first-order valence-electron chi connectivity index (χ1n) is 6.23. The Morgan fingerprint density at radius 3 is 1.40 bits per heavy atom. The molecule has 0 bridgehead atoms. The third kappa shape index (κ3) is 6.84. The van der Waals surface area contributed by atoms with E-state index in [0.29, 0.717) is 11.8 Å². The minimum atomic E-state index is -2.14. The van der Waals surface area contributed by atoms with Crippen molar-refractivity contribution < 1.29 is 26.7 Å². The number of benzene rings is 1. The van der Waals surface area contributed by atoms with E-state index in [-0.39, 0.29) is 6.07 Å². The zero-order chi connectivity index (χ0) is 15.9. The monoisotopic (exact) mass is 298 g/mol. The second kappa shape index (κ2) is 8.89. The molecule has 0 fully saturated rings. The van der Waals surface area contributed by atoms with Gasteiger partial charge in [-0.25, -0.2) is 22.0 Å². The van der Waals surface area contributed by atoms with Crippen molar-refractivity contribution in [2.75, 3.05) is 13.2 Å². The van der Waals surface area contributed by atoms with Crippen molar-refractivity contribution in [3.8, 4) is 0 Å². The molecule has 116 valence electrons. The maximum Gasteiger partial charge on any atom is 0.200 e. The molecule has 0 aliphatic heterocycles. The molecule has 0 saturated heterocycles. The van der Waals surface area contributed by atoms with E-state index in [1.165, 1.54) is 0 Å². The third-order valence-electron chi connectivity index (χ3n) is 1.96. The molecule has 0 atom stereocenters. The topological polar surface area (TPSA) is 9.23 Å². The van der Waals surface area contributed by atoms with Crippen LogP contribution in [-0.2, 0) is 4.74 Å². The van der Waals surface area contributed by atoms with Gasteiger partial charge >= 0.3 is 0 Å². The Bertz CT molecular complexity index is 384. The van der Waals surface area contributed by atoms with E-state index in [2.05, 4.69) is 27.7 Å². The van der Waals surface area contributed by atoms with Crippen LogP contribution in [0.5, 0.6) is 0 Å². The Morgan fingerprint density at radius 2 is 1.10 bits per heavy atom. The molecule has 6 heteroatoms. The summed E-state index contributed by atoms with van der Waals surface area (Å²) in [5.74, 6) is -8.31. The minimum Gasteiger partial charge on any atom is -0.381 e. The summed E-state index contributed by atoms with van der Waals surface area (Å²) in [7, 11) is 0. The van der Waals surface area contributed by atoms with Crippen molar-refractivity contribution in [2.45, 2.75) is 27.7 Å². The molecule has 0 radical (unpaired) electrons. The summed E-state index contributed by atoms with van der Waals surface area (Å²) in [6.07, 6.45) is 0. The van der Waals surface area contributed by atoms with Crippen LogP contribution in [0.3, 0.4) is 0 Å². The lowest BCUT2D eigenvalue weighted by molar-refractivity contribution is 0.0886. The van der Waals surface area contributed by atoms with Crippen LogP contribution in [0.15, 0.2) is 6.07 Å². The lowest BCUT2D eigenvalue weighted by atomic mass is 10.2. The summed E-state index contributed by atoms with van der Waals surface area (Å²) in [6, 6.07) is -0.0618. The number of ether oxygens (including phenoxy) is 1. The first-order chi connectivity index (χ1) is 9.16. The fraction of sp³-hybridized carbons (Fsp3) is 0.571. The van der Waals surface area contributed by atoms with Crippen molar-refractivity contribution in [2.24, 2.45) is 11.8 Å². The molecule has 1 aromatic carbocycles. The predicted octanol–water partition coefficient (Wildman–Crippen LogP) is 4.70. The van der Waals surface area contributed by atoms with Gasteiger partial charge in [-0.3, -0.25) is 0 Å². The molecule has 0 aromatic heterocycles. The molecule has 0 spiro atoms. The van der Waals surface area contributed by atoms with E-state index < -0.39 is 29.1 Å². The average molecular weight is 298 g/mol. The Balaban J connectivity index is 0.000000370. The largest absolute Gasteiger partial charge is 0.381 e. The molecule has 0 unspecified atom stereocenters. The minimum absolute atomic E-state index is 0.0618. The number of rotatable bonds is 4. The molecule has 1 nitrogen and oxygen atoms in total. The van der Waals surface area contributed by atoms with Gasteiger partial charge in [-0.05, 0) is 11.8 Å².